The predicted octanol–water partition coefficient (Wildman–Crippen LogP) is 4.09. The number of phenols is 1. The van der Waals surface area contributed by atoms with Crippen LogP contribution in [0.15, 0.2) is 36.4 Å². The Bertz CT molecular complexity index is 612. The van der Waals surface area contributed by atoms with Crippen molar-refractivity contribution in [3.63, 3.8) is 0 Å². The van der Waals surface area contributed by atoms with Crippen LogP contribution in [0.4, 0.5) is 0 Å². The van der Waals surface area contributed by atoms with Gasteiger partial charge in [-0.15, -0.1) is 11.3 Å². The summed E-state index contributed by atoms with van der Waals surface area (Å²) in [5, 5.41) is 9.72. The second kappa shape index (κ2) is 7.48. The van der Waals surface area contributed by atoms with Gasteiger partial charge in [0, 0.05) is 17.8 Å². The maximum absolute atomic E-state index is 12.3. The van der Waals surface area contributed by atoms with Crippen LogP contribution in [0.25, 0.3) is 0 Å². The Morgan fingerprint density at radius 2 is 2.05 bits per heavy atom. The number of carbonyl (C=O) groups excluding carboxylic acids is 1. The van der Waals surface area contributed by atoms with Crippen LogP contribution in [-0.2, 0) is 17.8 Å². The van der Waals surface area contributed by atoms with Gasteiger partial charge in [-0.1, -0.05) is 29.8 Å². The summed E-state index contributed by atoms with van der Waals surface area (Å²) in [5.74, 6) is 0.337. The number of aryl methyl sites for hydroxylation is 1. The molecule has 1 aromatic heterocycles. The molecule has 0 atom stereocenters. The van der Waals surface area contributed by atoms with Crippen molar-refractivity contribution in [1.29, 1.82) is 0 Å². The molecule has 112 valence electrons. The summed E-state index contributed by atoms with van der Waals surface area (Å²) in [4.78, 5) is 15.2. The molecule has 1 amide bonds. The van der Waals surface area contributed by atoms with Crippen LogP contribution >= 0.6 is 22.9 Å². The number of benzene rings is 1. The molecule has 2 rings (SSSR count). The molecule has 1 heterocycles. The van der Waals surface area contributed by atoms with Crippen LogP contribution in [0.5, 0.6) is 5.75 Å². The molecule has 0 bridgehead atoms. The zero-order valence-corrected chi connectivity index (χ0v) is 13.5. The lowest BCUT2D eigenvalue weighted by atomic mass is 10.1. The Balaban J connectivity index is 1.93. The van der Waals surface area contributed by atoms with Gasteiger partial charge in [0.2, 0.25) is 5.91 Å². The van der Waals surface area contributed by atoms with E-state index < -0.39 is 0 Å². The van der Waals surface area contributed by atoms with Crippen molar-refractivity contribution in [2.75, 3.05) is 6.54 Å². The zero-order chi connectivity index (χ0) is 15.2. The highest BCUT2D eigenvalue weighted by Crippen LogP contribution is 2.23. The largest absolute Gasteiger partial charge is 0.508 e. The second-order valence-corrected chi connectivity index (χ2v) is 6.54. The summed E-state index contributed by atoms with van der Waals surface area (Å²) in [6.07, 6.45) is 0.942. The van der Waals surface area contributed by atoms with E-state index in [1.165, 1.54) is 11.3 Å². The van der Waals surface area contributed by atoms with Gasteiger partial charge < -0.3 is 10.0 Å². The molecule has 0 aliphatic carbocycles. The molecular formula is C16H18ClNO2S. The molecule has 0 aliphatic rings. The monoisotopic (exact) mass is 323 g/mol. The van der Waals surface area contributed by atoms with E-state index in [2.05, 4.69) is 0 Å². The number of aromatic hydroxyl groups is 1. The summed E-state index contributed by atoms with van der Waals surface area (Å²) in [7, 11) is 0. The second-order valence-electron chi connectivity index (χ2n) is 4.74. The van der Waals surface area contributed by atoms with E-state index in [1.807, 2.05) is 36.1 Å². The van der Waals surface area contributed by atoms with Gasteiger partial charge in [-0.05, 0) is 37.1 Å². The highest BCUT2D eigenvalue weighted by atomic mass is 35.5. The summed E-state index contributed by atoms with van der Waals surface area (Å²) in [6, 6.07) is 10.9. The minimum atomic E-state index is 0.0882. The smallest absolute Gasteiger partial charge is 0.223 e. The SMILES string of the molecule is CCN(Cc1ccc(Cl)s1)C(=O)CCc1ccccc1O. The van der Waals surface area contributed by atoms with Gasteiger partial charge in [0.1, 0.15) is 5.75 Å². The average molecular weight is 324 g/mol. The quantitative estimate of drug-likeness (QED) is 0.870. The number of rotatable bonds is 6. The number of para-hydroxylation sites is 1. The molecule has 2 aromatic rings. The van der Waals surface area contributed by atoms with E-state index in [0.29, 0.717) is 25.9 Å². The number of thiophene rings is 1. The molecule has 3 nitrogen and oxygen atoms in total. The third kappa shape index (κ3) is 4.48. The zero-order valence-electron chi connectivity index (χ0n) is 11.9. The summed E-state index contributed by atoms with van der Waals surface area (Å²) in [5.41, 5.74) is 0.807. The number of halogens is 1. The third-order valence-electron chi connectivity index (χ3n) is 3.31. The van der Waals surface area contributed by atoms with Crippen LogP contribution in [0.1, 0.15) is 23.8 Å². The first-order valence-corrected chi connectivity index (χ1v) is 8.08. The highest BCUT2D eigenvalue weighted by molar-refractivity contribution is 7.16. The van der Waals surface area contributed by atoms with Gasteiger partial charge in [-0.25, -0.2) is 0 Å². The Hall–Kier alpha value is -1.52. The van der Waals surface area contributed by atoms with Gasteiger partial charge in [-0.2, -0.15) is 0 Å². The standard InChI is InChI=1S/C16H18ClNO2S/c1-2-18(11-13-8-9-15(17)21-13)16(20)10-7-12-5-3-4-6-14(12)19/h3-6,8-9,19H,2,7,10-11H2,1H3. The molecule has 0 saturated carbocycles. The first-order valence-electron chi connectivity index (χ1n) is 6.89. The number of hydrogen-bond acceptors (Lipinski definition) is 3. The topological polar surface area (TPSA) is 40.5 Å². The van der Waals surface area contributed by atoms with Crippen molar-refractivity contribution < 1.29 is 9.90 Å². The number of nitrogens with zero attached hydrogens (tertiary/aromatic N) is 1. The van der Waals surface area contributed by atoms with Gasteiger partial charge in [0.05, 0.1) is 10.9 Å². The average Bonchev–Trinajstić information content (AvgIpc) is 2.89. The normalized spacial score (nSPS) is 10.6. The van der Waals surface area contributed by atoms with E-state index in [1.54, 1.807) is 12.1 Å². The van der Waals surface area contributed by atoms with E-state index >= 15 is 0 Å². The fourth-order valence-electron chi connectivity index (χ4n) is 2.12. The van der Waals surface area contributed by atoms with E-state index in [4.69, 9.17) is 11.6 Å². The number of carbonyl (C=O) groups is 1. The molecule has 1 aromatic carbocycles. The van der Waals surface area contributed by atoms with Gasteiger partial charge >= 0.3 is 0 Å². The number of hydrogen-bond donors (Lipinski definition) is 1. The highest BCUT2D eigenvalue weighted by Gasteiger charge is 2.14. The lowest BCUT2D eigenvalue weighted by Crippen LogP contribution is -2.30. The summed E-state index contributed by atoms with van der Waals surface area (Å²) in [6.45, 7) is 3.22. The fraction of sp³-hybridized carbons (Fsp3) is 0.312. The van der Waals surface area contributed by atoms with Crippen molar-refractivity contribution in [2.24, 2.45) is 0 Å². The van der Waals surface area contributed by atoms with E-state index in [9.17, 15) is 9.90 Å². The molecule has 0 fully saturated rings. The van der Waals surface area contributed by atoms with Crippen molar-refractivity contribution in [2.45, 2.75) is 26.3 Å². The Morgan fingerprint density at radius 1 is 1.29 bits per heavy atom. The Labute approximate surface area is 133 Å². The first kappa shape index (κ1) is 15.9. The lowest BCUT2D eigenvalue weighted by Gasteiger charge is -2.20. The maximum Gasteiger partial charge on any atom is 0.223 e. The number of phenolic OH excluding ortho intramolecular Hbond substituents is 1. The number of amides is 1. The van der Waals surface area contributed by atoms with Crippen LogP contribution in [0.2, 0.25) is 4.34 Å². The Kier molecular flexibility index (Phi) is 5.65. The van der Waals surface area contributed by atoms with E-state index in [-0.39, 0.29) is 11.7 Å². The van der Waals surface area contributed by atoms with Crippen molar-refractivity contribution >= 4 is 28.8 Å². The molecule has 0 aliphatic heterocycles. The minimum Gasteiger partial charge on any atom is -0.508 e. The van der Waals surface area contributed by atoms with Crippen LogP contribution in [-0.4, -0.2) is 22.5 Å². The van der Waals surface area contributed by atoms with Gasteiger partial charge in [0.25, 0.3) is 0 Å². The van der Waals surface area contributed by atoms with Gasteiger partial charge in [-0.3, -0.25) is 4.79 Å². The van der Waals surface area contributed by atoms with Crippen LogP contribution in [0.3, 0.4) is 0 Å². The summed E-state index contributed by atoms with van der Waals surface area (Å²) < 4.78 is 0.739. The van der Waals surface area contributed by atoms with Crippen molar-refractivity contribution in [1.82, 2.24) is 4.90 Å². The van der Waals surface area contributed by atoms with E-state index in [0.717, 1.165) is 14.8 Å². The molecule has 5 heteroatoms. The molecule has 0 radical (unpaired) electrons. The molecule has 0 unspecified atom stereocenters. The van der Waals surface area contributed by atoms with Gasteiger partial charge in [0.15, 0.2) is 0 Å². The Morgan fingerprint density at radius 3 is 2.67 bits per heavy atom. The fourth-order valence-corrected chi connectivity index (χ4v) is 3.23. The van der Waals surface area contributed by atoms with Crippen LogP contribution < -0.4 is 0 Å². The molecule has 21 heavy (non-hydrogen) atoms. The third-order valence-corrected chi connectivity index (χ3v) is 4.53. The maximum atomic E-state index is 12.3. The molecule has 0 spiro atoms. The molecular weight excluding hydrogens is 306 g/mol. The van der Waals surface area contributed by atoms with Crippen molar-refractivity contribution in [3.8, 4) is 5.75 Å². The summed E-state index contributed by atoms with van der Waals surface area (Å²) >= 11 is 7.41. The van der Waals surface area contributed by atoms with Crippen molar-refractivity contribution in [3.05, 3.63) is 51.2 Å². The molecule has 0 saturated heterocycles. The lowest BCUT2D eigenvalue weighted by molar-refractivity contribution is -0.131. The minimum absolute atomic E-state index is 0.0882. The predicted molar refractivity (Wildman–Crippen MR) is 86.8 cm³/mol. The first-order chi connectivity index (χ1) is 10.1. The van der Waals surface area contributed by atoms with Crippen LogP contribution in [0, 0.1) is 0 Å². The molecule has 1 N–H and O–H groups in total.